The fourth-order valence-electron chi connectivity index (χ4n) is 1.83. The molecule has 0 saturated carbocycles. The van der Waals surface area contributed by atoms with E-state index in [-0.39, 0.29) is 12.4 Å². The first kappa shape index (κ1) is 19.6. The van der Waals surface area contributed by atoms with E-state index in [0.717, 1.165) is 5.56 Å². The predicted molar refractivity (Wildman–Crippen MR) is 93.4 cm³/mol. The molecule has 24 heavy (non-hydrogen) atoms. The fraction of sp³-hybridized carbons (Fsp3) is 0.412. The Labute approximate surface area is 141 Å². The summed E-state index contributed by atoms with van der Waals surface area (Å²) in [4.78, 5) is 8.45. The summed E-state index contributed by atoms with van der Waals surface area (Å²) >= 11 is 0. The van der Waals surface area contributed by atoms with Crippen LogP contribution in [-0.4, -0.2) is 30.3 Å². The summed E-state index contributed by atoms with van der Waals surface area (Å²) in [7, 11) is 1.41. The van der Waals surface area contributed by atoms with Crippen LogP contribution in [-0.2, 0) is 0 Å². The maximum Gasteiger partial charge on any atom is 0.229 e. The van der Waals surface area contributed by atoms with Crippen molar-refractivity contribution in [2.75, 3.05) is 31.0 Å². The molecule has 0 radical (unpaired) electrons. The standard InChI is InChI=1S/C15H18F2N4O.C2H6/c1-10-9-19-15(21-14(10)18-7-3-6-16)20-11-4-5-13(22-2)12(17)8-11;1-2/h4-5,8-9H,3,6-7H2,1-2H3,(H2,18,19,20,21);1-2H3. The first-order valence-corrected chi connectivity index (χ1v) is 7.88. The van der Waals surface area contributed by atoms with Gasteiger partial charge in [-0.3, -0.25) is 4.39 Å². The summed E-state index contributed by atoms with van der Waals surface area (Å²) < 4.78 is 30.6. The number of aromatic nitrogens is 2. The minimum absolute atomic E-state index is 0.170. The molecule has 2 rings (SSSR count). The second-order valence-electron chi connectivity index (χ2n) is 4.67. The highest BCUT2D eigenvalue weighted by Gasteiger charge is 2.07. The molecule has 1 heterocycles. The molecular formula is C17H24F2N4O. The van der Waals surface area contributed by atoms with Crippen LogP contribution in [0.5, 0.6) is 5.75 Å². The number of nitrogens with one attached hydrogen (secondary N) is 2. The van der Waals surface area contributed by atoms with Gasteiger partial charge in [0.2, 0.25) is 5.95 Å². The van der Waals surface area contributed by atoms with Crippen LogP contribution >= 0.6 is 0 Å². The molecule has 0 saturated heterocycles. The lowest BCUT2D eigenvalue weighted by Gasteiger charge is -2.11. The highest BCUT2D eigenvalue weighted by atomic mass is 19.1. The first-order chi connectivity index (χ1) is 11.6. The van der Waals surface area contributed by atoms with Gasteiger partial charge in [0.25, 0.3) is 0 Å². The van der Waals surface area contributed by atoms with E-state index in [4.69, 9.17) is 4.74 Å². The molecule has 132 valence electrons. The Hall–Kier alpha value is -2.44. The van der Waals surface area contributed by atoms with Crippen molar-refractivity contribution in [3.63, 3.8) is 0 Å². The molecule has 0 amide bonds. The van der Waals surface area contributed by atoms with Crippen LogP contribution in [0.15, 0.2) is 24.4 Å². The highest BCUT2D eigenvalue weighted by molar-refractivity contribution is 5.57. The van der Waals surface area contributed by atoms with Gasteiger partial charge in [-0.2, -0.15) is 4.98 Å². The second-order valence-corrected chi connectivity index (χ2v) is 4.67. The van der Waals surface area contributed by atoms with Crippen molar-refractivity contribution >= 4 is 17.5 Å². The van der Waals surface area contributed by atoms with E-state index in [1.807, 2.05) is 20.8 Å². The quantitative estimate of drug-likeness (QED) is 0.729. The van der Waals surface area contributed by atoms with Gasteiger partial charge < -0.3 is 15.4 Å². The Morgan fingerprint density at radius 2 is 2.00 bits per heavy atom. The number of aryl methyl sites for hydroxylation is 1. The SMILES string of the molecule is CC.COc1ccc(Nc2ncc(C)c(NCCCF)n2)cc1F. The number of anilines is 3. The van der Waals surface area contributed by atoms with Gasteiger partial charge in [-0.25, -0.2) is 9.37 Å². The Kier molecular flexibility index (Phi) is 8.46. The zero-order valence-electron chi connectivity index (χ0n) is 14.5. The molecule has 0 bridgehead atoms. The van der Waals surface area contributed by atoms with Gasteiger partial charge in [0, 0.05) is 30.1 Å². The molecule has 7 heteroatoms. The van der Waals surface area contributed by atoms with Crippen molar-refractivity contribution in [1.82, 2.24) is 9.97 Å². The zero-order chi connectivity index (χ0) is 17.9. The van der Waals surface area contributed by atoms with Crippen LogP contribution < -0.4 is 15.4 Å². The number of methoxy groups -OCH3 is 1. The van der Waals surface area contributed by atoms with Gasteiger partial charge >= 0.3 is 0 Å². The van der Waals surface area contributed by atoms with E-state index in [2.05, 4.69) is 20.6 Å². The minimum Gasteiger partial charge on any atom is -0.494 e. The van der Waals surface area contributed by atoms with Gasteiger partial charge in [0.15, 0.2) is 11.6 Å². The molecule has 1 aromatic heterocycles. The molecule has 0 spiro atoms. The maximum absolute atomic E-state index is 13.6. The molecule has 1 aromatic carbocycles. The van der Waals surface area contributed by atoms with E-state index in [0.29, 0.717) is 30.4 Å². The molecule has 0 aliphatic carbocycles. The van der Waals surface area contributed by atoms with E-state index >= 15 is 0 Å². The monoisotopic (exact) mass is 338 g/mol. The molecule has 0 aliphatic rings. The lowest BCUT2D eigenvalue weighted by atomic mass is 10.3. The van der Waals surface area contributed by atoms with Crippen molar-refractivity contribution in [2.45, 2.75) is 27.2 Å². The summed E-state index contributed by atoms with van der Waals surface area (Å²) in [6.45, 7) is 5.97. The Morgan fingerprint density at radius 1 is 1.25 bits per heavy atom. The van der Waals surface area contributed by atoms with E-state index in [9.17, 15) is 8.78 Å². The molecule has 0 aliphatic heterocycles. The lowest BCUT2D eigenvalue weighted by molar-refractivity contribution is 0.386. The average Bonchev–Trinajstić information content (AvgIpc) is 2.60. The number of ether oxygens (including phenoxy) is 1. The van der Waals surface area contributed by atoms with Crippen LogP contribution in [0.3, 0.4) is 0 Å². The normalized spacial score (nSPS) is 9.75. The zero-order valence-corrected chi connectivity index (χ0v) is 14.5. The lowest BCUT2D eigenvalue weighted by Crippen LogP contribution is -2.08. The van der Waals surface area contributed by atoms with Crippen molar-refractivity contribution in [2.24, 2.45) is 0 Å². The van der Waals surface area contributed by atoms with Gasteiger partial charge in [-0.15, -0.1) is 0 Å². The first-order valence-electron chi connectivity index (χ1n) is 7.88. The average molecular weight is 338 g/mol. The maximum atomic E-state index is 13.6. The van der Waals surface area contributed by atoms with E-state index < -0.39 is 5.82 Å². The summed E-state index contributed by atoms with van der Waals surface area (Å²) in [5, 5.41) is 5.97. The third kappa shape index (κ3) is 5.64. The Balaban J connectivity index is 0.00000139. The molecule has 5 nitrogen and oxygen atoms in total. The largest absolute Gasteiger partial charge is 0.494 e. The predicted octanol–water partition coefficient (Wildman–Crippen LogP) is 4.47. The van der Waals surface area contributed by atoms with E-state index in [1.54, 1.807) is 12.3 Å². The molecule has 2 N–H and O–H groups in total. The van der Waals surface area contributed by atoms with Crippen LogP contribution in [0, 0.1) is 12.7 Å². The van der Waals surface area contributed by atoms with Crippen molar-refractivity contribution in [3.8, 4) is 5.75 Å². The number of rotatable bonds is 7. The minimum atomic E-state index is -0.471. The number of hydrogen-bond donors (Lipinski definition) is 2. The van der Waals surface area contributed by atoms with Crippen LogP contribution in [0.25, 0.3) is 0 Å². The molecule has 0 atom stereocenters. The van der Waals surface area contributed by atoms with Gasteiger partial charge in [-0.05, 0) is 25.5 Å². The summed E-state index contributed by atoms with van der Waals surface area (Å²) in [6.07, 6.45) is 2.06. The van der Waals surface area contributed by atoms with Crippen LogP contribution in [0.1, 0.15) is 25.8 Å². The van der Waals surface area contributed by atoms with Crippen molar-refractivity contribution in [3.05, 3.63) is 35.8 Å². The topological polar surface area (TPSA) is 59.1 Å². The van der Waals surface area contributed by atoms with Gasteiger partial charge in [0.05, 0.1) is 13.8 Å². The number of halogens is 2. The summed E-state index contributed by atoms with van der Waals surface area (Å²) in [5.41, 5.74) is 1.36. The molecule has 0 unspecified atom stereocenters. The van der Waals surface area contributed by atoms with Gasteiger partial charge in [-0.1, -0.05) is 13.8 Å². The van der Waals surface area contributed by atoms with Gasteiger partial charge in [0.1, 0.15) is 5.82 Å². The summed E-state index contributed by atoms with van der Waals surface area (Å²) in [6, 6.07) is 4.49. The number of hydrogen-bond acceptors (Lipinski definition) is 5. The summed E-state index contributed by atoms with van der Waals surface area (Å²) in [5.74, 6) is 0.655. The van der Waals surface area contributed by atoms with Crippen molar-refractivity contribution in [1.29, 1.82) is 0 Å². The Bertz CT molecular complexity index is 638. The molecule has 2 aromatic rings. The number of benzene rings is 1. The van der Waals surface area contributed by atoms with Crippen LogP contribution in [0.4, 0.5) is 26.2 Å². The third-order valence-corrected chi connectivity index (χ3v) is 2.98. The van der Waals surface area contributed by atoms with E-state index in [1.165, 1.54) is 19.2 Å². The highest BCUT2D eigenvalue weighted by Crippen LogP contribution is 2.23. The smallest absolute Gasteiger partial charge is 0.229 e. The second kappa shape index (κ2) is 10.4. The molecular weight excluding hydrogens is 314 g/mol. The molecule has 0 fully saturated rings. The Morgan fingerprint density at radius 3 is 2.62 bits per heavy atom. The fourth-order valence-corrected chi connectivity index (χ4v) is 1.83. The number of alkyl halides is 1. The number of nitrogens with zero attached hydrogens (tertiary/aromatic N) is 2. The van der Waals surface area contributed by atoms with Crippen LogP contribution in [0.2, 0.25) is 0 Å². The third-order valence-electron chi connectivity index (χ3n) is 2.98. The van der Waals surface area contributed by atoms with Crippen molar-refractivity contribution < 1.29 is 13.5 Å².